The quantitative estimate of drug-likeness (QED) is 0.160. The van der Waals surface area contributed by atoms with Gasteiger partial charge in [0.05, 0.1) is 11.0 Å². The molecule has 274 valence electrons. The Morgan fingerprint density at radius 3 is 1.14 bits per heavy atom. The SMILES string of the molecule is c1ccc(-c2c3ccccc3c(-c3ccc4cc(-c5c6ccccc6c(-c6nc7ccccc7n6-c6ccccc6)c6ccccc56)ccc4c3)c3ccccc23)cc1. The molecule has 2 heteroatoms. The minimum atomic E-state index is 0.944. The van der Waals surface area contributed by atoms with Gasteiger partial charge in [0.25, 0.3) is 0 Å². The van der Waals surface area contributed by atoms with E-state index in [2.05, 4.69) is 223 Å². The van der Waals surface area contributed by atoms with Crippen molar-refractivity contribution in [1.82, 2.24) is 9.55 Å². The van der Waals surface area contributed by atoms with Gasteiger partial charge in [0.1, 0.15) is 5.82 Å². The van der Waals surface area contributed by atoms with Crippen LogP contribution in [0.1, 0.15) is 0 Å². The standard InChI is InChI=1S/C57H36N2/c1-3-17-37(18-4-1)53-43-21-7-9-23-45(43)54(46-24-10-8-22-44(46)53)40-33-31-39-36-41(34-32-38(39)35-40)55-47-25-11-13-27-49(47)56(50-28-14-12-26-48(50)55)57-58-51-29-15-16-30-52(51)59(57)42-19-5-2-6-20-42/h1-36H. The van der Waals surface area contributed by atoms with Crippen LogP contribution in [-0.2, 0) is 0 Å². The van der Waals surface area contributed by atoms with E-state index < -0.39 is 0 Å². The number of imidazole rings is 1. The predicted octanol–water partition coefficient (Wildman–Crippen LogP) is 15.5. The van der Waals surface area contributed by atoms with Crippen LogP contribution in [0.4, 0.5) is 0 Å². The van der Waals surface area contributed by atoms with Crippen molar-refractivity contribution >= 4 is 64.9 Å². The first kappa shape index (κ1) is 33.3. The van der Waals surface area contributed by atoms with Crippen molar-refractivity contribution in [2.75, 3.05) is 0 Å². The molecule has 1 aromatic heterocycles. The molecule has 11 aromatic carbocycles. The summed E-state index contributed by atoms with van der Waals surface area (Å²) in [6.45, 7) is 0. The molecule has 1 heterocycles. The van der Waals surface area contributed by atoms with Gasteiger partial charge in [0.15, 0.2) is 0 Å². The monoisotopic (exact) mass is 748 g/mol. The summed E-state index contributed by atoms with van der Waals surface area (Å²) >= 11 is 0. The molecule has 59 heavy (non-hydrogen) atoms. The summed E-state index contributed by atoms with van der Waals surface area (Å²) in [6, 6.07) is 79.4. The van der Waals surface area contributed by atoms with Gasteiger partial charge in [-0.05, 0) is 124 Å². The second kappa shape index (κ2) is 13.4. The molecule has 12 rings (SSSR count). The van der Waals surface area contributed by atoms with Gasteiger partial charge in [-0.25, -0.2) is 4.98 Å². The number of para-hydroxylation sites is 3. The summed E-state index contributed by atoms with van der Waals surface area (Å²) in [7, 11) is 0. The van der Waals surface area contributed by atoms with E-state index in [0.717, 1.165) is 28.1 Å². The van der Waals surface area contributed by atoms with Crippen LogP contribution in [0, 0.1) is 0 Å². The van der Waals surface area contributed by atoms with Gasteiger partial charge in [0.2, 0.25) is 0 Å². The number of hydrogen-bond donors (Lipinski definition) is 0. The number of nitrogens with zero attached hydrogens (tertiary/aromatic N) is 2. The summed E-state index contributed by atoms with van der Waals surface area (Å²) < 4.78 is 2.32. The average Bonchev–Trinajstić information content (AvgIpc) is 3.69. The van der Waals surface area contributed by atoms with Crippen LogP contribution in [0.5, 0.6) is 0 Å². The number of rotatable bonds is 5. The maximum Gasteiger partial charge on any atom is 0.146 e. The van der Waals surface area contributed by atoms with Crippen LogP contribution in [0.15, 0.2) is 218 Å². The highest BCUT2D eigenvalue weighted by Crippen LogP contribution is 2.47. The van der Waals surface area contributed by atoms with E-state index in [9.17, 15) is 0 Å². The van der Waals surface area contributed by atoms with E-state index in [-0.39, 0.29) is 0 Å². The first-order valence-electron chi connectivity index (χ1n) is 20.3. The molecule has 0 saturated heterocycles. The molecule has 0 aliphatic heterocycles. The van der Waals surface area contributed by atoms with Crippen molar-refractivity contribution < 1.29 is 0 Å². The summed E-state index contributed by atoms with van der Waals surface area (Å²) in [5.41, 5.74) is 11.8. The summed E-state index contributed by atoms with van der Waals surface area (Å²) in [4.78, 5) is 5.36. The van der Waals surface area contributed by atoms with E-state index in [1.165, 1.54) is 87.2 Å². The van der Waals surface area contributed by atoms with Crippen LogP contribution >= 0.6 is 0 Å². The number of hydrogen-bond acceptors (Lipinski definition) is 1. The first-order chi connectivity index (χ1) is 29.3. The molecule has 0 bridgehead atoms. The smallest absolute Gasteiger partial charge is 0.146 e. The van der Waals surface area contributed by atoms with Gasteiger partial charge in [-0.1, -0.05) is 182 Å². The third kappa shape index (κ3) is 5.24. The highest BCUT2D eigenvalue weighted by Gasteiger charge is 2.23. The zero-order valence-corrected chi connectivity index (χ0v) is 32.2. The van der Waals surface area contributed by atoms with Gasteiger partial charge in [-0.15, -0.1) is 0 Å². The van der Waals surface area contributed by atoms with Crippen LogP contribution < -0.4 is 0 Å². The largest absolute Gasteiger partial charge is 0.292 e. The Kier molecular flexibility index (Phi) is 7.57. The lowest BCUT2D eigenvalue weighted by molar-refractivity contribution is 1.11. The number of aromatic nitrogens is 2. The molecule has 0 unspecified atom stereocenters. The minimum absolute atomic E-state index is 0.944. The topological polar surface area (TPSA) is 17.8 Å². The number of fused-ring (bicyclic) bond motifs is 6. The molecule has 0 radical (unpaired) electrons. The molecule has 0 atom stereocenters. The van der Waals surface area contributed by atoms with E-state index in [1.54, 1.807) is 0 Å². The molecule has 2 nitrogen and oxygen atoms in total. The first-order valence-corrected chi connectivity index (χ1v) is 20.3. The van der Waals surface area contributed by atoms with E-state index in [0.29, 0.717) is 0 Å². The van der Waals surface area contributed by atoms with E-state index in [1.807, 2.05) is 0 Å². The van der Waals surface area contributed by atoms with Crippen molar-refractivity contribution in [3.8, 4) is 50.5 Å². The van der Waals surface area contributed by atoms with Gasteiger partial charge < -0.3 is 0 Å². The third-order valence-corrected chi connectivity index (χ3v) is 12.1. The van der Waals surface area contributed by atoms with Crippen LogP contribution in [0.3, 0.4) is 0 Å². The van der Waals surface area contributed by atoms with Crippen LogP contribution in [0.2, 0.25) is 0 Å². The van der Waals surface area contributed by atoms with Crippen molar-refractivity contribution in [3.05, 3.63) is 218 Å². The van der Waals surface area contributed by atoms with Gasteiger partial charge in [-0.3, -0.25) is 4.57 Å². The minimum Gasteiger partial charge on any atom is -0.292 e. The fourth-order valence-electron chi connectivity index (χ4n) is 9.62. The van der Waals surface area contributed by atoms with Gasteiger partial charge in [0, 0.05) is 11.3 Å². The fraction of sp³-hybridized carbons (Fsp3) is 0. The van der Waals surface area contributed by atoms with Crippen molar-refractivity contribution in [2.24, 2.45) is 0 Å². The molecule has 0 aliphatic carbocycles. The van der Waals surface area contributed by atoms with Gasteiger partial charge in [-0.2, -0.15) is 0 Å². The average molecular weight is 749 g/mol. The normalized spacial score (nSPS) is 11.7. The lowest BCUT2D eigenvalue weighted by Crippen LogP contribution is -1.99. The molecule has 0 amide bonds. The highest BCUT2D eigenvalue weighted by molar-refractivity contribution is 6.23. The second-order valence-electron chi connectivity index (χ2n) is 15.4. The number of benzene rings is 11. The molecule has 12 aromatic rings. The fourth-order valence-corrected chi connectivity index (χ4v) is 9.62. The Morgan fingerprint density at radius 2 is 0.661 bits per heavy atom. The van der Waals surface area contributed by atoms with Crippen molar-refractivity contribution in [1.29, 1.82) is 0 Å². The van der Waals surface area contributed by atoms with Crippen molar-refractivity contribution in [2.45, 2.75) is 0 Å². The Morgan fingerprint density at radius 1 is 0.288 bits per heavy atom. The Balaban J connectivity index is 1.06. The lowest BCUT2D eigenvalue weighted by Gasteiger charge is -2.19. The van der Waals surface area contributed by atoms with E-state index >= 15 is 0 Å². The molecule has 0 N–H and O–H groups in total. The van der Waals surface area contributed by atoms with Crippen LogP contribution in [0.25, 0.3) is 115 Å². The molecular formula is C57H36N2. The Bertz CT molecular complexity index is 3480. The predicted molar refractivity (Wildman–Crippen MR) is 250 cm³/mol. The Hall–Kier alpha value is -7.81. The molecule has 0 spiro atoms. The molecule has 0 saturated carbocycles. The molecular weight excluding hydrogens is 713 g/mol. The summed E-state index contributed by atoms with van der Waals surface area (Å²) in [5, 5.41) is 12.3. The van der Waals surface area contributed by atoms with Crippen molar-refractivity contribution in [3.63, 3.8) is 0 Å². The summed E-state index contributed by atoms with van der Waals surface area (Å²) in [6.07, 6.45) is 0. The third-order valence-electron chi connectivity index (χ3n) is 12.1. The van der Waals surface area contributed by atoms with Gasteiger partial charge >= 0.3 is 0 Å². The highest BCUT2D eigenvalue weighted by atomic mass is 15.1. The lowest BCUT2D eigenvalue weighted by atomic mass is 9.85. The maximum absolute atomic E-state index is 5.36. The molecule has 0 aliphatic rings. The van der Waals surface area contributed by atoms with Crippen LogP contribution in [-0.4, -0.2) is 9.55 Å². The molecule has 0 fully saturated rings. The van der Waals surface area contributed by atoms with E-state index in [4.69, 9.17) is 4.98 Å². The second-order valence-corrected chi connectivity index (χ2v) is 15.4. The summed E-state index contributed by atoms with van der Waals surface area (Å²) in [5.74, 6) is 0.944. The zero-order valence-electron chi connectivity index (χ0n) is 32.2. The maximum atomic E-state index is 5.36. The Labute approximate surface area is 341 Å². The zero-order chi connectivity index (χ0) is 38.9.